The number of hydrogen-bond donors (Lipinski definition) is 2. The van der Waals surface area contributed by atoms with Crippen molar-refractivity contribution in [3.8, 4) is 5.75 Å². The first-order valence-corrected chi connectivity index (χ1v) is 5.15. The summed E-state index contributed by atoms with van der Waals surface area (Å²) in [7, 11) is 0. The number of benzene rings is 1. The Morgan fingerprint density at radius 1 is 1.38 bits per heavy atom. The number of hydrogen-bond acceptors (Lipinski definition) is 4. The first-order chi connectivity index (χ1) is 7.72. The van der Waals surface area contributed by atoms with Gasteiger partial charge in [-0.15, -0.1) is 0 Å². The van der Waals surface area contributed by atoms with Gasteiger partial charge in [-0.25, -0.2) is 4.39 Å². The van der Waals surface area contributed by atoms with E-state index in [1.807, 2.05) is 4.90 Å². The van der Waals surface area contributed by atoms with Crippen LogP contribution in [0, 0.1) is 5.82 Å². The summed E-state index contributed by atoms with van der Waals surface area (Å²) in [4.78, 5) is 12.5. The molecule has 0 aromatic heterocycles. The molecule has 0 amide bonds. The minimum atomic E-state index is -0.677. The summed E-state index contributed by atoms with van der Waals surface area (Å²) in [6, 6.07) is 2.72. The summed E-state index contributed by atoms with van der Waals surface area (Å²) in [5, 5.41) is 12.7. The summed E-state index contributed by atoms with van der Waals surface area (Å²) < 4.78 is 13.4. The summed E-state index contributed by atoms with van der Waals surface area (Å²) in [6.45, 7) is 3.19. The highest BCUT2D eigenvalue weighted by Crippen LogP contribution is 2.26. The van der Waals surface area contributed by atoms with Crippen molar-refractivity contribution in [3.05, 3.63) is 23.5 Å². The molecule has 86 valence electrons. The Morgan fingerprint density at radius 2 is 2.06 bits per heavy atom. The van der Waals surface area contributed by atoms with Gasteiger partial charge in [-0.3, -0.25) is 4.79 Å². The highest BCUT2D eigenvalue weighted by molar-refractivity contribution is 5.81. The molecule has 0 unspecified atom stereocenters. The van der Waals surface area contributed by atoms with Crippen molar-refractivity contribution in [3.63, 3.8) is 0 Å². The number of nitrogens with one attached hydrogen (secondary N) is 1. The molecule has 1 saturated heterocycles. The van der Waals surface area contributed by atoms with Crippen LogP contribution in [0.5, 0.6) is 5.75 Å². The van der Waals surface area contributed by atoms with Crippen LogP contribution in [0.4, 0.5) is 10.1 Å². The van der Waals surface area contributed by atoms with Crippen molar-refractivity contribution in [1.29, 1.82) is 0 Å². The molecule has 0 bridgehead atoms. The Bertz CT molecular complexity index is 380. The zero-order chi connectivity index (χ0) is 11.5. The number of piperazine rings is 1. The third-order valence-corrected chi connectivity index (χ3v) is 2.69. The Kier molecular flexibility index (Phi) is 3.05. The Balaban J connectivity index is 2.31. The molecule has 1 fully saturated rings. The Morgan fingerprint density at radius 3 is 2.62 bits per heavy atom. The van der Waals surface area contributed by atoms with Crippen molar-refractivity contribution >= 4 is 12.0 Å². The van der Waals surface area contributed by atoms with Gasteiger partial charge in [0.25, 0.3) is 0 Å². The molecule has 2 N–H and O–H groups in total. The highest BCUT2D eigenvalue weighted by Gasteiger charge is 2.15. The van der Waals surface area contributed by atoms with Crippen molar-refractivity contribution in [2.75, 3.05) is 31.1 Å². The van der Waals surface area contributed by atoms with E-state index in [4.69, 9.17) is 0 Å². The highest BCUT2D eigenvalue weighted by atomic mass is 19.1. The minimum absolute atomic E-state index is 0.279. The molecule has 0 saturated carbocycles. The van der Waals surface area contributed by atoms with Gasteiger partial charge in [-0.2, -0.15) is 0 Å². The average molecular weight is 224 g/mol. The first-order valence-electron chi connectivity index (χ1n) is 5.15. The summed E-state index contributed by atoms with van der Waals surface area (Å²) >= 11 is 0. The lowest BCUT2D eigenvalue weighted by Crippen LogP contribution is -2.43. The second-order valence-corrected chi connectivity index (χ2v) is 3.72. The van der Waals surface area contributed by atoms with E-state index < -0.39 is 5.82 Å². The summed E-state index contributed by atoms with van der Waals surface area (Å²) in [5.74, 6) is -0.980. The third kappa shape index (κ3) is 1.99. The van der Waals surface area contributed by atoms with Gasteiger partial charge in [0.05, 0.1) is 5.56 Å². The number of nitrogens with zero attached hydrogens (tertiary/aromatic N) is 1. The average Bonchev–Trinajstić information content (AvgIpc) is 2.30. The van der Waals surface area contributed by atoms with Crippen LogP contribution in [-0.4, -0.2) is 37.6 Å². The largest absolute Gasteiger partial charge is 0.507 e. The van der Waals surface area contributed by atoms with Crippen LogP contribution in [0.25, 0.3) is 0 Å². The normalized spacial score (nSPS) is 16.2. The van der Waals surface area contributed by atoms with Gasteiger partial charge in [0.15, 0.2) is 6.29 Å². The quantitative estimate of drug-likeness (QED) is 0.728. The van der Waals surface area contributed by atoms with Crippen LogP contribution in [-0.2, 0) is 0 Å². The smallest absolute Gasteiger partial charge is 0.156 e. The van der Waals surface area contributed by atoms with Gasteiger partial charge in [0, 0.05) is 37.9 Å². The standard InChI is InChI=1S/C11H13FN2O2/c12-10-5-8(6-11(16)9(10)7-15)14-3-1-13-2-4-14/h5-7,13,16H,1-4H2. The van der Waals surface area contributed by atoms with Crippen LogP contribution in [0.1, 0.15) is 10.4 Å². The molecule has 1 aromatic rings. The van der Waals surface area contributed by atoms with Crippen molar-refractivity contribution in [2.45, 2.75) is 0 Å². The molecular formula is C11H13FN2O2. The van der Waals surface area contributed by atoms with Crippen LogP contribution in [0.15, 0.2) is 12.1 Å². The van der Waals surface area contributed by atoms with E-state index in [1.165, 1.54) is 12.1 Å². The van der Waals surface area contributed by atoms with E-state index >= 15 is 0 Å². The molecule has 16 heavy (non-hydrogen) atoms. The molecule has 0 radical (unpaired) electrons. The molecule has 1 aliphatic rings. The molecule has 2 rings (SSSR count). The third-order valence-electron chi connectivity index (χ3n) is 2.69. The molecule has 0 aliphatic carbocycles. The number of rotatable bonds is 2. The van der Waals surface area contributed by atoms with E-state index in [0.717, 1.165) is 26.2 Å². The number of anilines is 1. The van der Waals surface area contributed by atoms with Gasteiger partial charge in [0.1, 0.15) is 11.6 Å². The lowest BCUT2D eigenvalue weighted by Gasteiger charge is -2.29. The fraction of sp³-hybridized carbons (Fsp3) is 0.364. The zero-order valence-corrected chi connectivity index (χ0v) is 8.74. The number of aromatic hydroxyl groups is 1. The lowest BCUT2D eigenvalue weighted by atomic mass is 10.1. The number of phenols is 1. The van der Waals surface area contributed by atoms with Gasteiger partial charge in [-0.1, -0.05) is 0 Å². The monoisotopic (exact) mass is 224 g/mol. The maximum absolute atomic E-state index is 13.4. The van der Waals surface area contributed by atoms with Gasteiger partial charge in [0.2, 0.25) is 0 Å². The Hall–Kier alpha value is -1.62. The van der Waals surface area contributed by atoms with Crippen molar-refractivity contribution in [1.82, 2.24) is 5.32 Å². The topological polar surface area (TPSA) is 52.6 Å². The van der Waals surface area contributed by atoms with Gasteiger partial charge >= 0.3 is 0 Å². The molecule has 1 heterocycles. The summed E-state index contributed by atoms with van der Waals surface area (Å²) in [6.07, 6.45) is 0.326. The Labute approximate surface area is 92.7 Å². The van der Waals surface area contributed by atoms with E-state index in [-0.39, 0.29) is 11.3 Å². The van der Waals surface area contributed by atoms with Crippen molar-refractivity contribution in [2.24, 2.45) is 0 Å². The number of carbonyl (C=O) groups excluding carboxylic acids is 1. The maximum atomic E-state index is 13.4. The van der Waals surface area contributed by atoms with Crippen LogP contribution in [0.2, 0.25) is 0 Å². The molecule has 4 nitrogen and oxygen atoms in total. The number of aldehydes is 1. The molecule has 0 atom stereocenters. The molecule has 0 spiro atoms. The number of halogens is 1. The van der Waals surface area contributed by atoms with Gasteiger partial charge < -0.3 is 15.3 Å². The second-order valence-electron chi connectivity index (χ2n) is 3.72. The predicted molar refractivity (Wildman–Crippen MR) is 58.5 cm³/mol. The van der Waals surface area contributed by atoms with E-state index in [0.29, 0.717) is 12.0 Å². The molecule has 1 aliphatic heterocycles. The second kappa shape index (κ2) is 4.49. The fourth-order valence-corrected chi connectivity index (χ4v) is 1.81. The SMILES string of the molecule is O=Cc1c(O)cc(N2CCNCC2)cc1F. The number of carbonyl (C=O) groups is 1. The molecule has 5 heteroatoms. The minimum Gasteiger partial charge on any atom is -0.507 e. The van der Waals surface area contributed by atoms with Crippen molar-refractivity contribution < 1.29 is 14.3 Å². The maximum Gasteiger partial charge on any atom is 0.156 e. The zero-order valence-electron chi connectivity index (χ0n) is 8.74. The van der Waals surface area contributed by atoms with E-state index in [9.17, 15) is 14.3 Å². The fourth-order valence-electron chi connectivity index (χ4n) is 1.81. The van der Waals surface area contributed by atoms with E-state index in [2.05, 4.69) is 5.32 Å². The first kappa shape index (κ1) is 10.9. The van der Waals surface area contributed by atoms with Crippen LogP contribution in [0.3, 0.4) is 0 Å². The van der Waals surface area contributed by atoms with E-state index in [1.54, 1.807) is 0 Å². The predicted octanol–water partition coefficient (Wildman–Crippen LogP) is 0.753. The lowest BCUT2D eigenvalue weighted by molar-refractivity contribution is 0.111. The van der Waals surface area contributed by atoms with Crippen LogP contribution < -0.4 is 10.2 Å². The summed E-state index contributed by atoms with van der Waals surface area (Å²) in [5.41, 5.74) is 0.334. The molecular weight excluding hydrogens is 211 g/mol. The number of phenolic OH excluding ortho intramolecular Hbond substituents is 1. The molecule has 1 aromatic carbocycles. The van der Waals surface area contributed by atoms with Gasteiger partial charge in [-0.05, 0) is 6.07 Å². The van der Waals surface area contributed by atoms with Crippen LogP contribution >= 0.6 is 0 Å².